The number of carbonyl (C=O) groups excluding carboxylic acids is 1. The Hall–Kier alpha value is -2.48. The number of piperidine rings is 1. The average molecular weight is 386 g/mol. The number of esters is 1. The first-order valence-electron chi connectivity index (χ1n) is 9.28. The van der Waals surface area contributed by atoms with Gasteiger partial charge in [0.25, 0.3) is 5.56 Å². The minimum Gasteiger partial charge on any atom is -0.465 e. The molecule has 0 spiro atoms. The van der Waals surface area contributed by atoms with Crippen LogP contribution in [0.2, 0.25) is 0 Å². The molecular weight excluding hydrogens is 364 g/mol. The molecule has 8 heteroatoms. The van der Waals surface area contributed by atoms with Crippen LogP contribution in [0.3, 0.4) is 0 Å². The van der Waals surface area contributed by atoms with Crippen molar-refractivity contribution in [1.82, 2.24) is 14.5 Å². The molecule has 3 aromatic heterocycles. The second-order valence-corrected chi connectivity index (χ2v) is 7.79. The van der Waals surface area contributed by atoms with Crippen LogP contribution in [0.4, 0.5) is 5.82 Å². The Balaban J connectivity index is 1.80. The van der Waals surface area contributed by atoms with Crippen molar-refractivity contribution in [3.05, 3.63) is 28.3 Å². The van der Waals surface area contributed by atoms with Crippen LogP contribution in [0.15, 0.2) is 17.2 Å². The molecule has 1 aliphatic heterocycles. The number of nitrogens with zero attached hydrogens (tertiary/aromatic N) is 4. The lowest BCUT2D eigenvalue weighted by molar-refractivity contribution is -0.143. The maximum atomic E-state index is 12.8. The third-order valence-electron chi connectivity index (χ3n) is 4.89. The van der Waals surface area contributed by atoms with E-state index in [2.05, 4.69) is 16.0 Å². The van der Waals surface area contributed by atoms with Crippen LogP contribution in [-0.4, -0.2) is 40.2 Å². The van der Waals surface area contributed by atoms with Crippen molar-refractivity contribution in [3.63, 3.8) is 0 Å². The summed E-state index contributed by atoms with van der Waals surface area (Å²) >= 11 is 1.35. The number of hydrogen-bond acceptors (Lipinski definition) is 7. The highest BCUT2D eigenvalue weighted by Gasteiger charge is 2.19. The summed E-state index contributed by atoms with van der Waals surface area (Å²) in [6.45, 7) is 5.97. The zero-order chi connectivity index (χ0) is 19.0. The Morgan fingerprint density at radius 2 is 2.07 bits per heavy atom. The monoisotopic (exact) mass is 386 g/mol. The molecule has 1 fully saturated rings. The molecule has 0 amide bonds. The summed E-state index contributed by atoms with van der Waals surface area (Å²) in [4.78, 5) is 37.0. The van der Waals surface area contributed by atoms with Crippen LogP contribution in [0, 0.1) is 6.92 Å². The molecule has 4 heterocycles. The lowest BCUT2D eigenvalue weighted by Gasteiger charge is -2.28. The molecule has 7 nitrogen and oxygen atoms in total. The average Bonchev–Trinajstić information content (AvgIpc) is 3.05. The fourth-order valence-electron chi connectivity index (χ4n) is 3.57. The topological polar surface area (TPSA) is 77.3 Å². The van der Waals surface area contributed by atoms with Gasteiger partial charge in [-0.05, 0) is 44.7 Å². The van der Waals surface area contributed by atoms with Gasteiger partial charge in [-0.3, -0.25) is 14.2 Å². The van der Waals surface area contributed by atoms with Gasteiger partial charge in [0.1, 0.15) is 21.9 Å². The van der Waals surface area contributed by atoms with Gasteiger partial charge in [-0.25, -0.2) is 9.97 Å². The van der Waals surface area contributed by atoms with Crippen LogP contribution in [-0.2, 0) is 16.1 Å². The first-order chi connectivity index (χ1) is 13.1. The Labute approximate surface area is 160 Å². The molecule has 142 valence electrons. The number of hydrogen-bond donors (Lipinski definition) is 0. The van der Waals surface area contributed by atoms with Gasteiger partial charge in [-0.2, -0.15) is 0 Å². The number of fused-ring (bicyclic) bond motifs is 3. The standard InChI is InChI=1S/C19H22N4O3S/c1-3-26-14(24)10-23-11-20-16-15-12(2)9-13(22-7-5-4-6-8-22)21-18(15)27-17(16)19(23)25/h9,11H,3-8,10H2,1-2H3. The van der Waals surface area contributed by atoms with Crippen molar-refractivity contribution in [2.75, 3.05) is 24.6 Å². The maximum absolute atomic E-state index is 12.8. The highest BCUT2D eigenvalue weighted by molar-refractivity contribution is 7.25. The van der Waals surface area contributed by atoms with Crippen molar-refractivity contribution < 1.29 is 9.53 Å². The minimum atomic E-state index is -0.441. The second-order valence-electron chi connectivity index (χ2n) is 6.79. The fourth-order valence-corrected chi connectivity index (χ4v) is 4.72. The molecule has 0 aromatic carbocycles. The van der Waals surface area contributed by atoms with E-state index in [1.807, 2.05) is 6.92 Å². The third-order valence-corrected chi connectivity index (χ3v) is 5.95. The molecule has 0 N–H and O–H groups in total. The predicted octanol–water partition coefficient (Wildman–Crippen LogP) is 2.87. The summed E-state index contributed by atoms with van der Waals surface area (Å²) in [6, 6.07) is 2.09. The number of pyridine rings is 1. The van der Waals surface area contributed by atoms with E-state index in [1.165, 1.54) is 41.5 Å². The van der Waals surface area contributed by atoms with Crippen molar-refractivity contribution >= 4 is 43.6 Å². The number of carbonyl (C=O) groups is 1. The lowest BCUT2D eigenvalue weighted by atomic mass is 10.1. The number of rotatable bonds is 4. The zero-order valence-corrected chi connectivity index (χ0v) is 16.3. The molecular formula is C19H22N4O3S. The van der Waals surface area contributed by atoms with Crippen molar-refractivity contribution in [1.29, 1.82) is 0 Å². The number of aromatic nitrogens is 3. The van der Waals surface area contributed by atoms with Gasteiger partial charge < -0.3 is 9.64 Å². The quantitative estimate of drug-likeness (QED) is 0.642. The van der Waals surface area contributed by atoms with Crippen LogP contribution in [0.25, 0.3) is 20.4 Å². The third kappa shape index (κ3) is 3.29. The van der Waals surface area contributed by atoms with E-state index in [9.17, 15) is 9.59 Å². The maximum Gasteiger partial charge on any atom is 0.326 e. The van der Waals surface area contributed by atoms with E-state index in [0.717, 1.165) is 34.7 Å². The molecule has 0 aliphatic carbocycles. The molecule has 0 radical (unpaired) electrons. The van der Waals surface area contributed by atoms with E-state index < -0.39 is 5.97 Å². The Bertz CT molecular complexity index is 1070. The van der Waals surface area contributed by atoms with E-state index in [0.29, 0.717) is 10.2 Å². The highest BCUT2D eigenvalue weighted by atomic mass is 32.1. The van der Waals surface area contributed by atoms with Gasteiger partial charge in [-0.1, -0.05) is 0 Å². The fraction of sp³-hybridized carbons (Fsp3) is 0.474. The normalized spacial score (nSPS) is 14.8. The van der Waals surface area contributed by atoms with Gasteiger partial charge in [-0.15, -0.1) is 11.3 Å². The molecule has 27 heavy (non-hydrogen) atoms. The second kappa shape index (κ2) is 7.26. The summed E-state index contributed by atoms with van der Waals surface area (Å²) in [5.74, 6) is 0.529. The minimum absolute atomic E-state index is 0.130. The van der Waals surface area contributed by atoms with Gasteiger partial charge in [0.05, 0.1) is 18.5 Å². The highest BCUT2D eigenvalue weighted by Crippen LogP contribution is 2.34. The first kappa shape index (κ1) is 17.9. The van der Waals surface area contributed by atoms with Crippen molar-refractivity contribution in [2.45, 2.75) is 39.7 Å². The van der Waals surface area contributed by atoms with Crippen LogP contribution < -0.4 is 10.5 Å². The van der Waals surface area contributed by atoms with E-state index in [1.54, 1.807) is 6.92 Å². The van der Waals surface area contributed by atoms with Crippen molar-refractivity contribution in [2.24, 2.45) is 0 Å². The SMILES string of the molecule is CCOC(=O)Cn1cnc2c(sc3nc(N4CCCCC4)cc(C)c32)c1=O. The van der Waals surface area contributed by atoms with Gasteiger partial charge in [0.15, 0.2) is 0 Å². The summed E-state index contributed by atoms with van der Waals surface area (Å²) in [6.07, 6.45) is 5.06. The van der Waals surface area contributed by atoms with Gasteiger partial charge in [0, 0.05) is 18.5 Å². The molecule has 0 atom stereocenters. The molecule has 1 saturated heterocycles. The Morgan fingerprint density at radius 3 is 2.81 bits per heavy atom. The molecule has 0 bridgehead atoms. The first-order valence-corrected chi connectivity index (χ1v) is 10.1. The molecule has 4 rings (SSSR count). The number of ether oxygens (including phenoxy) is 1. The largest absolute Gasteiger partial charge is 0.465 e. The zero-order valence-electron chi connectivity index (χ0n) is 15.5. The molecule has 0 saturated carbocycles. The summed E-state index contributed by atoms with van der Waals surface area (Å²) in [5, 5.41) is 0.927. The Kier molecular flexibility index (Phi) is 4.82. The molecule has 1 aliphatic rings. The van der Waals surface area contributed by atoms with Gasteiger partial charge in [0.2, 0.25) is 0 Å². The number of aryl methyl sites for hydroxylation is 1. The van der Waals surface area contributed by atoms with Crippen LogP contribution >= 0.6 is 11.3 Å². The summed E-state index contributed by atoms with van der Waals surface area (Å²) < 4.78 is 6.77. The smallest absolute Gasteiger partial charge is 0.326 e. The van der Waals surface area contributed by atoms with Crippen molar-refractivity contribution in [3.8, 4) is 0 Å². The summed E-state index contributed by atoms with van der Waals surface area (Å²) in [7, 11) is 0. The Morgan fingerprint density at radius 1 is 1.30 bits per heavy atom. The number of thiophene rings is 1. The summed E-state index contributed by atoms with van der Waals surface area (Å²) in [5.41, 5.74) is 1.51. The predicted molar refractivity (Wildman–Crippen MR) is 107 cm³/mol. The van der Waals surface area contributed by atoms with Gasteiger partial charge >= 0.3 is 5.97 Å². The van der Waals surface area contributed by atoms with E-state index in [4.69, 9.17) is 9.72 Å². The van der Waals surface area contributed by atoms with E-state index >= 15 is 0 Å². The van der Waals surface area contributed by atoms with Crippen LogP contribution in [0.1, 0.15) is 31.7 Å². The molecule has 0 unspecified atom stereocenters. The molecule has 3 aromatic rings. The lowest BCUT2D eigenvalue weighted by Crippen LogP contribution is -2.30. The van der Waals surface area contributed by atoms with Crippen LogP contribution in [0.5, 0.6) is 0 Å². The van der Waals surface area contributed by atoms with E-state index in [-0.39, 0.29) is 18.7 Å². The number of anilines is 1.